The van der Waals surface area contributed by atoms with Crippen LogP contribution in [0.25, 0.3) is 0 Å². The third-order valence-electron chi connectivity index (χ3n) is 2.75. The van der Waals surface area contributed by atoms with Crippen molar-refractivity contribution >= 4 is 11.8 Å². The Morgan fingerprint density at radius 3 is 2.00 bits per heavy atom. The summed E-state index contributed by atoms with van der Waals surface area (Å²) >= 11 is 0. The van der Waals surface area contributed by atoms with Crippen molar-refractivity contribution in [3.63, 3.8) is 0 Å². The normalized spacial score (nSPS) is 13.4. The van der Waals surface area contributed by atoms with Gasteiger partial charge in [-0.2, -0.15) is 13.2 Å². The summed E-state index contributed by atoms with van der Waals surface area (Å²) in [6.07, 6.45) is -4.22. The Labute approximate surface area is 110 Å². The Kier molecular flexibility index (Phi) is 6.82. The van der Waals surface area contributed by atoms with Gasteiger partial charge in [-0.25, -0.2) is 0 Å². The number of nitrogens with two attached hydrogens (primary N) is 2. The highest BCUT2D eigenvalue weighted by Crippen LogP contribution is 2.21. The van der Waals surface area contributed by atoms with E-state index in [4.69, 9.17) is 11.5 Å². The summed E-state index contributed by atoms with van der Waals surface area (Å²) in [4.78, 5) is 23.3. The first-order valence-corrected chi connectivity index (χ1v) is 6.03. The van der Waals surface area contributed by atoms with Gasteiger partial charge >= 0.3 is 6.18 Å². The molecule has 112 valence electrons. The molecule has 19 heavy (non-hydrogen) atoms. The number of rotatable bonds is 7. The van der Waals surface area contributed by atoms with Crippen molar-refractivity contribution < 1.29 is 22.8 Å². The Hall–Kier alpha value is -1.31. The molecule has 1 unspecified atom stereocenters. The summed E-state index contributed by atoms with van der Waals surface area (Å²) < 4.78 is 37.5. The molecule has 0 bridgehead atoms. The molecular formula is C11H20F3N3O2. The Balaban J connectivity index is 5.01. The van der Waals surface area contributed by atoms with Crippen LogP contribution in [0.15, 0.2) is 0 Å². The summed E-state index contributed by atoms with van der Waals surface area (Å²) in [6.45, 7) is 2.00. The fourth-order valence-corrected chi connectivity index (χ4v) is 1.83. The highest BCUT2D eigenvalue weighted by molar-refractivity contribution is 5.87. The van der Waals surface area contributed by atoms with E-state index in [9.17, 15) is 22.8 Å². The molecule has 0 radical (unpaired) electrons. The van der Waals surface area contributed by atoms with Gasteiger partial charge in [0.15, 0.2) is 0 Å². The van der Waals surface area contributed by atoms with E-state index < -0.39 is 43.0 Å². The van der Waals surface area contributed by atoms with Crippen molar-refractivity contribution in [2.24, 2.45) is 11.5 Å². The Bertz CT molecular complexity index is 317. The van der Waals surface area contributed by atoms with E-state index in [0.29, 0.717) is 17.7 Å². The minimum atomic E-state index is -4.51. The van der Waals surface area contributed by atoms with Gasteiger partial charge in [0, 0.05) is 6.04 Å². The molecule has 0 heterocycles. The van der Waals surface area contributed by atoms with Gasteiger partial charge in [-0.05, 0) is 12.8 Å². The molecule has 0 aliphatic carbocycles. The van der Waals surface area contributed by atoms with Crippen LogP contribution in [0.3, 0.4) is 0 Å². The largest absolute Gasteiger partial charge is 0.406 e. The van der Waals surface area contributed by atoms with Crippen molar-refractivity contribution in [3.8, 4) is 0 Å². The molecular weight excluding hydrogens is 263 g/mol. The van der Waals surface area contributed by atoms with Gasteiger partial charge in [0.2, 0.25) is 11.8 Å². The number of halogens is 3. The second-order valence-electron chi connectivity index (χ2n) is 4.33. The molecule has 0 aliphatic rings. The number of amides is 2. The Morgan fingerprint density at radius 1 is 1.21 bits per heavy atom. The van der Waals surface area contributed by atoms with Gasteiger partial charge in [0.1, 0.15) is 6.54 Å². The zero-order chi connectivity index (χ0) is 15.2. The molecule has 8 heteroatoms. The molecule has 0 aromatic rings. The molecule has 0 spiro atoms. The molecule has 0 aliphatic heterocycles. The van der Waals surface area contributed by atoms with Gasteiger partial charge in [0.25, 0.3) is 0 Å². The molecule has 0 aromatic heterocycles. The number of alkyl halides is 3. The minimum Gasteiger partial charge on any atom is -0.370 e. The maximum Gasteiger partial charge on any atom is 0.406 e. The number of primary amides is 1. The van der Waals surface area contributed by atoms with Crippen LogP contribution in [0.1, 0.15) is 33.1 Å². The summed E-state index contributed by atoms with van der Waals surface area (Å²) in [7, 11) is 0. The van der Waals surface area contributed by atoms with Crippen molar-refractivity contribution in [2.75, 3.05) is 6.54 Å². The minimum absolute atomic E-state index is 0.377. The topological polar surface area (TPSA) is 89.4 Å². The van der Waals surface area contributed by atoms with E-state index >= 15 is 0 Å². The molecule has 0 saturated carbocycles. The molecule has 0 aromatic carbocycles. The van der Waals surface area contributed by atoms with Gasteiger partial charge in [-0.3, -0.25) is 9.59 Å². The van der Waals surface area contributed by atoms with Crippen LogP contribution in [-0.2, 0) is 9.59 Å². The lowest BCUT2D eigenvalue weighted by atomic mass is 10.1. The molecule has 0 saturated heterocycles. The van der Waals surface area contributed by atoms with Crippen LogP contribution in [0, 0.1) is 0 Å². The lowest BCUT2D eigenvalue weighted by molar-refractivity contribution is -0.167. The summed E-state index contributed by atoms with van der Waals surface area (Å²) in [5.74, 6) is -1.72. The molecule has 1 atom stereocenters. The average Bonchev–Trinajstić information content (AvgIpc) is 2.25. The lowest BCUT2D eigenvalue weighted by Crippen LogP contribution is -2.52. The SMILES string of the molecule is CCC(CC)N(CC(F)(F)F)C(=O)C(N)CC(N)=O. The zero-order valence-corrected chi connectivity index (χ0v) is 11.0. The average molecular weight is 283 g/mol. The third-order valence-corrected chi connectivity index (χ3v) is 2.75. The Morgan fingerprint density at radius 2 is 1.68 bits per heavy atom. The maximum absolute atomic E-state index is 12.5. The highest BCUT2D eigenvalue weighted by atomic mass is 19.4. The predicted octanol–water partition coefficient (Wildman–Crippen LogP) is 0.769. The van der Waals surface area contributed by atoms with Crippen LogP contribution in [0.4, 0.5) is 13.2 Å². The summed E-state index contributed by atoms with van der Waals surface area (Å²) in [5.41, 5.74) is 10.3. The van der Waals surface area contributed by atoms with Crippen LogP contribution in [-0.4, -0.2) is 41.5 Å². The van der Waals surface area contributed by atoms with E-state index in [0.717, 1.165) is 0 Å². The first kappa shape index (κ1) is 17.7. The first-order chi connectivity index (χ1) is 8.62. The molecule has 0 rings (SSSR count). The molecule has 5 nitrogen and oxygen atoms in total. The molecule has 2 amide bonds. The van der Waals surface area contributed by atoms with Crippen molar-refractivity contribution in [1.29, 1.82) is 0 Å². The van der Waals surface area contributed by atoms with Crippen molar-refractivity contribution in [2.45, 2.75) is 51.4 Å². The van der Waals surface area contributed by atoms with E-state index in [1.807, 2.05) is 0 Å². The van der Waals surface area contributed by atoms with Crippen LogP contribution < -0.4 is 11.5 Å². The maximum atomic E-state index is 12.5. The third kappa shape index (κ3) is 6.42. The van der Waals surface area contributed by atoms with Crippen LogP contribution in [0.5, 0.6) is 0 Å². The zero-order valence-electron chi connectivity index (χ0n) is 11.0. The van der Waals surface area contributed by atoms with Gasteiger partial charge in [-0.1, -0.05) is 13.8 Å². The van der Waals surface area contributed by atoms with Crippen LogP contribution in [0.2, 0.25) is 0 Å². The monoisotopic (exact) mass is 283 g/mol. The van der Waals surface area contributed by atoms with Gasteiger partial charge in [-0.15, -0.1) is 0 Å². The number of hydrogen-bond donors (Lipinski definition) is 2. The number of nitrogens with zero attached hydrogens (tertiary/aromatic N) is 1. The van der Waals surface area contributed by atoms with E-state index in [-0.39, 0.29) is 0 Å². The van der Waals surface area contributed by atoms with Gasteiger partial charge in [0.05, 0.1) is 12.5 Å². The predicted molar refractivity (Wildman–Crippen MR) is 63.9 cm³/mol. The van der Waals surface area contributed by atoms with Crippen LogP contribution >= 0.6 is 0 Å². The molecule has 0 fully saturated rings. The fraction of sp³-hybridized carbons (Fsp3) is 0.818. The van der Waals surface area contributed by atoms with Crippen molar-refractivity contribution in [3.05, 3.63) is 0 Å². The fourth-order valence-electron chi connectivity index (χ4n) is 1.83. The van der Waals surface area contributed by atoms with E-state index in [2.05, 4.69) is 0 Å². The highest BCUT2D eigenvalue weighted by Gasteiger charge is 2.37. The number of carbonyl (C=O) groups is 2. The quantitative estimate of drug-likeness (QED) is 0.723. The standard InChI is InChI=1S/C11H20F3N3O2/c1-3-7(4-2)17(6-11(12,13)14)10(19)8(15)5-9(16)18/h7-8H,3-6,15H2,1-2H3,(H2,16,18). The number of hydrogen-bond acceptors (Lipinski definition) is 3. The van der Waals surface area contributed by atoms with Gasteiger partial charge < -0.3 is 16.4 Å². The molecule has 4 N–H and O–H groups in total. The lowest BCUT2D eigenvalue weighted by Gasteiger charge is -2.33. The smallest absolute Gasteiger partial charge is 0.370 e. The first-order valence-electron chi connectivity index (χ1n) is 6.03. The summed E-state index contributed by atoms with van der Waals surface area (Å²) in [6, 6.07) is -1.89. The van der Waals surface area contributed by atoms with E-state index in [1.165, 1.54) is 0 Å². The second kappa shape index (κ2) is 7.32. The van der Waals surface area contributed by atoms with Crippen molar-refractivity contribution in [1.82, 2.24) is 4.90 Å². The second-order valence-corrected chi connectivity index (χ2v) is 4.33. The summed E-state index contributed by atoms with van der Waals surface area (Å²) in [5, 5.41) is 0. The number of carbonyl (C=O) groups excluding carboxylic acids is 2. The van der Waals surface area contributed by atoms with E-state index in [1.54, 1.807) is 13.8 Å².